The SMILES string of the molecule is CC[C@H](C)[C@H](NC(=O)[C@H](Cc1ccccc1)NC(=O)[C@@H](NC(=O)CNC(=O)[C@H](CCC(=O)O)NC(=O)[C@H](C)NC(=O)[C@H](Cc1ccc(O)cc1)NC(=O)[C@@H]1CCC(=O)N1)[C@@H](C)O)C(=O)N[C@@H](CO)C(=O)N[C@@H](CC(=O)O)C(=O)O. The molecule has 16 N–H and O–H groups in total. The third kappa shape index (κ3) is 21.7. The maximum Gasteiger partial charge on any atom is 0.326 e. The van der Waals surface area contributed by atoms with Gasteiger partial charge in [-0.15, -0.1) is 0 Å². The molecule has 0 saturated carbocycles. The number of phenols is 1. The molecule has 2 aromatic carbocycles. The molecule has 0 aromatic heterocycles. The topological polar surface area (TPSA) is 464 Å². The number of carbonyl (C=O) groups excluding carboxylic acids is 10. The lowest BCUT2D eigenvalue weighted by Crippen LogP contribution is -2.62. The molecule has 2 aromatic rings. The fourth-order valence-corrected chi connectivity index (χ4v) is 7.67. The molecule has 1 heterocycles. The van der Waals surface area contributed by atoms with E-state index in [1.54, 1.807) is 44.2 Å². The Labute approximate surface area is 452 Å². The highest BCUT2D eigenvalue weighted by Gasteiger charge is 2.37. The number of nitrogens with one attached hydrogen (secondary N) is 10. The summed E-state index contributed by atoms with van der Waals surface area (Å²) < 4.78 is 0. The van der Waals surface area contributed by atoms with E-state index in [2.05, 4.69) is 47.9 Å². The second-order valence-corrected chi connectivity index (χ2v) is 18.7. The molecule has 0 bridgehead atoms. The zero-order valence-electron chi connectivity index (χ0n) is 43.6. The van der Waals surface area contributed by atoms with E-state index in [-0.39, 0.29) is 43.8 Å². The van der Waals surface area contributed by atoms with Gasteiger partial charge in [-0.25, -0.2) is 4.79 Å². The normalized spacial score (nSPS) is 16.6. The lowest BCUT2D eigenvalue weighted by Gasteiger charge is -2.29. The summed E-state index contributed by atoms with van der Waals surface area (Å²) in [6, 6.07) is -0.105. The average Bonchev–Trinajstić information content (AvgIpc) is 3.85. The maximum atomic E-state index is 14.1. The van der Waals surface area contributed by atoms with Crippen molar-refractivity contribution in [3.63, 3.8) is 0 Å². The molecule has 79 heavy (non-hydrogen) atoms. The second-order valence-electron chi connectivity index (χ2n) is 18.7. The third-order valence-corrected chi connectivity index (χ3v) is 12.4. The Kier molecular flexibility index (Phi) is 25.7. The average molecular weight is 1110 g/mol. The maximum absolute atomic E-state index is 14.1. The van der Waals surface area contributed by atoms with Crippen LogP contribution in [-0.4, -0.2) is 181 Å². The summed E-state index contributed by atoms with van der Waals surface area (Å²) in [6.07, 6.45) is -3.78. The summed E-state index contributed by atoms with van der Waals surface area (Å²) in [5.41, 5.74) is 0.974. The Morgan fingerprint density at radius 3 is 1.70 bits per heavy atom. The van der Waals surface area contributed by atoms with Crippen molar-refractivity contribution in [2.24, 2.45) is 5.92 Å². The fourth-order valence-electron chi connectivity index (χ4n) is 7.67. The van der Waals surface area contributed by atoms with Gasteiger partial charge in [-0.3, -0.25) is 57.5 Å². The van der Waals surface area contributed by atoms with E-state index >= 15 is 0 Å². The molecule has 1 saturated heterocycles. The van der Waals surface area contributed by atoms with Gasteiger partial charge < -0.3 is 83.8 Å². The van der Waals surface area contributed by atoms with Gasteiger partial charge >= 0.3 is 17.9 Å². The van der Waals surface area contributed by atoms with Crippen LogP contribution in [0.1, 0.15) is 77.3 Å². The number of aliphatic hydroxyl groups is 2. The number of aromatic hydroxyl groups is 1. The highest BCUT2D eigenvalue weighted by atomic mass is 16.4. The van der Waals surface area contributed by atoms with E-state index in [0.717, 1.165) is 6.92 Å². The predicted molar refractivity (Wildman–Crippen MR) is 272 cm³/mol. The number of amides is 10. The first-order valence-corrected chi connectivity index (χ1v) is 25.0. The molecule has 1 aliphatic rings. The van der Waals surface area contributed by atoms with Gasteiger partial charge in [0, 0.05) is 25.7 Å². The van der Waals surface area contributed by atoms with E-state index in [0.29, 0.717) is 11.1 Å². The van der Waals surface area contributed by atoms with Crippen LogP contribution in [0.25, 0.3) is 0 Å². The Hall–Kier alpha value is -8.73. The van der Waals surface area contributed by atoms with Crippen molar-refractivity contribution in [2.45, 2.75) is 140 Å². The van der Waals surface area contributed by atoms with Crippen LogP contribution in [0.2, 0.25) is 0 Å². The molecule has 11 atom stereocenters. The van der Waals surface area contributed by atoms with Crippen LogP contribution in [0, 0.1) is 5.92 Å². The molecular weight excluding hydrogens is 1040 g/mol. The molecule has 0 aliphatic carbocycles. The Morgan fingerprint density at radius 2 is 1.15 bits per heavy atom. The third-order valence-electron chi connectivity index (χ3n) is 12.4. The number of carboxylic acids is 3. The zero-order chi connectivity index (χ0) is 59.1. The smallest absolute Gasteiger partial charge is 0.326 e. The monoisotopic (exact) mass is 1110 g/mol. The summed E-state index contributed by atoms with van der Waals surface area (Å²) in [7, 11) is 0. The van der Waals surface area contributed by atoms with Gasteiger partial charge in [0.15, 0.2) is 0 Å². The Balaban J connectivity index is 1.74. The molecule has 0 radical (unpaired) electrons. The second kappa shape index (κ2) is 31.5. The quantitative estimate of drug-likeness (QED) is 0.0327. The molecule has 1 aliphatic heterocycles. The number of benzene rings is 2. The van der Waals surface area contributed by atoms with E-state index in [9.17, 15) is 87.9 Å². The molecular formula is C50H68N10O19. The standard InChI is InChI=1S/C50H68N10O19/c1-5-24(2)40(48(76)58-35(23-61)47(75)57-34(50(78)79)21-39(68)69)60-46(74)33(19-27-9-7-6-8-10-27)56-49(77)41(26(4)62)59-37(65)22-51-43(71)30(16-18-38(66)67)54-42(70)25(3)52-45(73)32(20-28-11-13-29(63)14-12-28)55-44(72)31-15-17-36(64)53-31/h6-14,24-26,30-35,40-41,61-63H,5,15-23H2,1-4H3,(H,51,71)(H,52,73)(H,53,64)(H,54,70)(H,55,72)(H,56,77)(H,57,75)(H,58,76)(H,59,65)(H,60,74)(H,66,67)(H,68,69)(H,78,79)/t24-,25-,26+,30-,31-,32-,33-,34-,35-,40-,41-/m0/s1. The van der Waals surface area contributed by atoms with Crippen LogP contribution in [-0.2, 0) is 75.2 Å². The minimum absolute atomic E-state index is 0.0715. The van der Waals surface area contributed by atoms with Crippen molar-refractivity contribution in [3.8, 4) is 5.75 Å². The van der Waals surface area contributed by atoms with E-state index in [1.165, 1.54) is 31.2 Å². The molecule has 29 nitrogen and oxygen atoms in total. The van der Waals surface area contributed by atoms with E-state index in [4.69, 9.17) is 5.11 Å². The van der Waals surface area contributed by atoms with Crippen molar-refractivity contribution in [1.29, 1.82) is 0 Å². The highest BCUT2D eigenvalue weighted by molar-refractivity contribution is 5.99. The fraction of sp³-hybridized carbons (Fsp3) is 0.500. The first-order valence-electron chi connectivity index (χ1n) is 25.0. The molecule has 1 fully saturated rings. The molecule has 29 heteroatoms. The van der Waals surface area contributed by atoms with Crippen molar-refractivity contribution in [3.05, 3.63) is 65.7 Å². The number of carboxylic acid groups (broad SMARTS) is 3. The lowest BCUT2D eigenvalue weighted by molar-refractivity contribution is -0.147. The number of aliphatic hydroxyl groups excluding tert-OH is 2. The predicted octanol–water partition coefficient (Wildman–Crippen LogP) is -4.69. The van der Waals surface area contributed by atoms with Crippen LogP contribution in [0.3, 0.4) is 0 Å². The molecule has 432 valence electrons. The van der Waals surface area contributed by atoms with Crippen molar-refractivity contribution < 1.29 is 93.0 Å². The van der Waals surface area contributed by atoms with E-state index in [1.807, 2.05) is 5.32 Å². The van der Waals surface area contributed by atoms with Crippen LogP contribution in [0.4, 0.5) is 0 Å². The van der Waals surface area contributed by atoms with Crippen molar-refractivity contribution >= 4 is 77.0 Å². The van der Waals surface area contributed by atoms with Crippen LogP contribution >= 0.6 is 0 Å². The van der Waals surface area contributed by atoms with E-state index < -0.39 is 170 Å². The Bertz CT molecular complexity index is 2530. The van der Waals surface area contributed by atoms with Gasteiger partial charge in [-0.05, 0) is 55.9 Å². The summed E-state index contributed by atoms with van der Waals surface area (Å²) >= 11 is 0. The van der Waals surface area contributed by atoms with Gasteiger partial charge in [0.05, 0.1) is 25.7 Å². The summed E-state index contributed by atoms with van der Waals surface area (Å²) in [4.78, 5) is 167. The van der Waals surface area contributed by atoms with Crippen LogP contribution in [0.5, 0.6) is 5.75 Å². The largest absolute Gasteiger partial charge is 0.508 e. The number of hydrogen-bond acceptors (Lipinski definition) is 16. The van der Waals surface area contributed by atoms with Gasteiger partial charge in [0.2, 0.25) is 59.1 Å². The minimum atomic E-state index is -1.93. The molecule has 3 rings (SSSR count). The number of rotatable bonds is 32. The number of hydrogen-bond donors (Lipinski definition) is 16. The van der Waals surface area contributed by atoms with Gasteiger partial charge in [-0.2, -0.15) is 0 Å². The molecule has 0 spiro atoms. The zero-order valence-corrected chi connectivity index (χ0v) is 43.6. The summed E-state index contributed by atoms with van der Waals surface area (Å²) in [6.45, 7) is 3.53. The first-order chi connectivity index (χ1) is 37.2. The van der Waals surface area contributed by atoms with Crippen LogP contribution in [0.15, 0.2) is 54.6 Å². The first kappa shape index (κ1) is 64.6. The molecule has 10 amide bonds. The minimum Gasteiger partial charge on any atom is -0.508 e. The van der Waals surface area contributed by atoms with Gasteiger partial charge in [-0.1, -0.05) is 62.7 Å². The van der Waals surface area contributed by atoms with Gasteiger partial charge in [0.1, 0.15) is 60.1 Å². The Morgan fingerprint density at radius 1 is 0.608 bits per heavy atom. The summed E-state index contributed by atoms with van der Waals surface area (Å²) in [5, 5.41) is 81.5. The number of aliphatic carboxylic acids is 3. The molecule has 0 unspecified atom stereocenters. The van der Waals surface area contributed by atoms with Gasteiger partial charge in [0.25, 0.3) is 0 Å². The van der Waals surface area contributed by atoms with Crippen molar-refractivity contribution in [1.82, 2.24) is 53.2 Å². The van der Waals surface area contributed by atoms with Crippen molar-refractivity contribution in [2.75, 3.05) is 13.2 Å². The summed E-state index contributed by atoms with van der Waals surface area (Å²) in [5.74, 6) is -15.0. The highest BCUT2D eigenvalue weighted by Crippen LogP contribution is 2.15. The van der Waals surface area contributed by atoms with Crippen LogP contribution < -0.4 is 53.2 Å². The number of carbonyl (C=O) groups is 13. The number of phenolic OH excluding ortho intramolecular Hbond substituents is 1. The lowest BCUT2D eigenvalue weighted by atomic mass is 9.96.